The van der Waals surface area contributed by atoms with E-state index in [0.717, 1.165) is 18.2 Å². The zero-order valence-electron chi connectivity index (χ0n) is 13.4. The fourth-order valence-electron chi connectivity index (χ4n) is 3.39. The molecule has 0 radical (unpaired) electrons. The van der Waals surface area contributed by atoms with E-state index in [4.69, 9.17) is 10.00 Å². The lowest BCUT2D eigenvalue weighted by molar-refractivity contribution is -0.0379. The summed E-state index contributed by atoms with van der Waals surface area (Å²) in [6, 6.07) is 5.52. The van der Waals surface area contributed by atoms with Crippen LogP contribution in [0.25, 0.3) is 0 Å². The maximum atomic E-state index is 14.4. The molecule has 0 saturated heterocycles. The number of nitriles is 1. The normalized spacial score (nSPS) is 24.1. The number of ether oxygens (including phenoxy) is 1. The third-order valence-corrected chi connectivity index (χ3v) is 6.23. The Labute approximate surface area is 151 Å². The Hall–Kier alpha value is -2.61. The summed E-state index contributed by atoms with van der Waals surface area (Å²) in [4.78, 5) is -0.393. The van der Waals surface area contributed by atoms with Gasteiger partial charge in [-0.3, -0.25) is 5.32 Å². The van der Waals surface area contributed by atoms with E-state index in [2.05, 4.69) is 0 Å². The molecule has 10 heteroatoms. The highest BCUT2D eigenvalue weighted by atomic mass is 32.2. The topological polar surface area (TPSA) is 99.4 Å². The average molecular weight is 396 g/mol. The molecule has 0 fully saturated rings. The summed E-state index contributed by atoms with van der Waals surface area (Å²) >= 11 is 0. The summed E-state index contributed by atoms with van der Waals surface area (Å²) in [5, 5.41) is 20.6. The molecular weight excluding hydrogens is 385 g/mol. The van der Waals surface area contributed by atoms with Crippen molar-refractivity contribution in [2.24, 2.45) is 0 Å². The fraction of sp³-hybridized carbons (Fsp3) is 0.235. The van der Waals surface area contributed by atoms with Gasteiger partial charge in [0.25, 0.3) is 5.92 Å². The molecular formula is C17H11F3N2O4S. The van der Waals surface area contributed by atoms with Crippen molar-refractivity contribution in [2.45, 2.75) is 28.8 Å². The maximum absolute atomic E-state index is 14.4. The molecule has 1 heterocycles. The van der Waals surface area contributed by atoms with Gasteiger partial charge in [0.05, 0.1) is 16.5 Å². The van der Waals surface area contributed by atoms with Crippen LogP contribution in [0.3, 0.4) is 0 Å². The molecule has 2 unspecified atom stereocenters. The van der Waals surface area contributed by atoms with Gasteiger partial charge in [-0.05, 0) is 24.3 Å². The van der Waals surface area contributed by atoms with E-state index in [1.165, 1.54) is 12.1 Å². The Kier molecular flexibility index (Phi) is 3.75. The van der Waals surface area contributed by atoms with Gasteiger partial charge in [0.1, 0.15) is 23.4 Å². The first-order chi connectivity index (χ1) is 12.6. The Morgan fingerprint density at radius 3 is 2.74 bits per heavy atom. The van der Waals surface area contributed by atoms with Gasteiger partial charge in [-0.1, -0.05) is 0 Å². The summed E-state index contributed by atoms with van der Waals surface area (Å²) in [5.41, 5.74) is -2.37. The van der Waals surface area contributed by atoms with Crippen LogP contribution in [0.5, 0.6) is 11.5 Å². The number of rotatable bonds is 2. The zero-order valence-corrected chi connectivity index (χ0v) is 14.2. The summed E-state index contributed by atoms with van der Waals surface area (Å²) in [7, 11) is -4.24. The molecule has 2 aromatic carbocycles. The van der Waals surface area contributed by atoms with E-state index < -0.39 is 44.5 Å². The summed E-state index contributed by atoms with van der Waals surface area (Å²) in [5.74, 6) is -4.25. The predicted molar refractivity (Wildman–Crippen MR) is 85.4 cm³/mol. The number of sulfone groups is 1. The number of halogens is 3. The van der Waals surface area contributed by atoms with Crippen molar-refractivity contribution < 1.29 is 31.4 Å². The smallest absolute Gasteiger partial charge is 0.271 e. The van der Waals surface area contributed by atoms with Crippen molar-refractivity contribution in [3.05, 3.63) is 52.8 Å². The van der Waals surface area contributed by atoms with E-state index >= 15 is 0 Å². The minimum Gasteiger partial charge on any atom is -0.457 e. The van der Waals surface area contributed by atoms with Gasteiger partial charge < -0.3 is 9.84 Å². The number of alkyl halides is 2. The molecule has 0 amide bonds. The summed E-state index contributed by atoms with van der Waals surface area (Å²) < 4.78 is 72.4. The Morgan fingerprint density at radius 2 is 2.04 bits per heavy atom. The quantitative estimate of drug-likeness (QED) is 0.809. The van der Waals surface area contributed by atoms with Gasteiger partial charge in [-0.2, -0.15) is 5.26 Å². The fourth-order valence-corrected chi connectivity index (χ4v) is 4.75. The molecule has 1 aliphatic carbocycles. The molecule has 27 heavy (non-hydrogen) atoms. The minimum absolute atomic E-state index is 0.0186. The Balaban J connectivity index is 1.86. The van der Waals surface area contributed by atoms with Gasteiger partial charge in [0.2, 0.25) is 15.4 Å². The molecule has 1 aliphatic heterocycles. The first kappa shape index (κ1) is 17.8. The van der Waals surface area contributed by atoms with Gasteiger partial charge in [-0.25, -0.2) is 21.6 Å². The highest BCUT2D eigenvalue weighted by Crippen LogP contribution is 2.52. The summed E-state index contributed by atoms with van der Waals surface area (Å²) in [6.07, 6.45) is -0.814. The van der Waals surface area contributed by atoms with Crippen molar-refractivity contribution in [2.75, 3.05) is 0 Å². The van der Waals surface area contributed by atoms with Gasteiger partial charge in [0, 0.05) is 23.6 Å². The van der Waals surface area contributed by atoms with Crippen LogP contribution in [0.15, 0.2) is 35.2 Å². The monoisotopic (exact) mass is 396 g/mol. The average Bonchev–Trinajstić information content (AvgIpc) is 2.85. The third kappa shape index (κ3) is 2.66. The first-order valence-electron chi connectivity index (χ1n) is 7.73. The highest BCUT2D eigenvalue weighted by molar-refractivity contribution is 7.92. The van der Waals surface area contributed by atoms with Crippen LogP contribution in [0.2, 0.25) is 0 Å². The maximum Gasteiger partial charge on any atom is 0.271 e. The Bertz CT molecular complexity index is 1110. The van der Waals surface area contributed by atoms with Gasteiger partial charge in [0.15, 0.2) is 0 Å². The molecule has 140 valence electrons. The highest BCUT2D eigenvalue weighted by Gasteiger charge is 2.55. The van der Waals surface area contributed by atoms with Crippen molar-refractivity contribution in [1.82, 2.24) is 5.32 Å². The van der Waals surface area contributed by atoms with Gasteiger partial charge >= 0.3 is 0 Å². The predicted octanol–water partition coefficient (Wildman–Crippen LogP) is 2.37. The molecule has 2 atom stereocenters. The van der Waals surface area contributed by atoms with Crippen LogP contribution < -0.4 is 10.1 Å². The number of nitrogens with one attached hydrogen (secondary N) is 1. The second-order valence-corrected chi connectivity index (χ2v) is 8.25. The SMILES string of the molecule is N#Cc1cc(F)cc(Oc2ccc3c4c2CC(F)(F)C4NC(O)S3(=O)=O)c1. The first-order valence-corrected chi connectivity index (χ1v) is 9.28. The van der Waals surface area contributed by atoms with Crippen LogP contribution in [-0.4, -0.2) is 25.0 Å². The second-order valence-electron chi connectivity index (χ2n) is 6.28. The number of benzene rings is 2. The van der Waals surface area contributed by atoms with Crippen LogP contribution >= 0.6 is 0 Å². The van der Waals surface area contributed by atoms with Crippen molar-refractivity contribution >= 4 is 9.84 Å². The molecule has 0 bridgehead atoms. The van der Waals surface area contributed by atoms with E-state index in [0.29, 0.717) is 0 Å². The third-order valence-electron chi connectivity index (χ3n) is 4.54. The van der Waals surface area contributed by atoms with E-state index in [1.807, 2.05) is 5.32 Å². The Morgan fingerprint density at radius 1 is 1.30 bits per heavy atom. The van der Waals surface area contributed by atoms with E-state index in [1.54, 1.807) is 6.07 Å². The molecule has 2 aliphatic rings. The van der Waals surface area contributed by atoms with E-state index in [9.17, 15) is 26.7 Å². The molecule has 0 saturated carbocycles. The molecule has 4 rings (SSSR count). The van der Waals surface area contributed by atoms with Crippen LogP contribution in [-0.2, 0) is 16.3 Å². The van der Waals surface area contributed by atoms with E-state index in [-0.39, 0.29) is 28.2 Å². The summed E-state index contributed by atoms with van der Waals surface area (Å²) in [6.45, 7) is 0. The zero-order chi connectivity index (χ0) is 19.6. The minimum atomic E-state index is -4.24. The number of nitrogens with zero attached hydrogens (tertiary/aromatic N) is 1. The number of hydrogen-bond acceptors (Lipinski definition) is 6. The number of aliphatic hydroxyl groups excluding tert-OH is 1. The molecule has 0 spiro atoms. The molecule has 2 N–H and O–H groups in total. The number of aliphatic hydroxyl groups is 1. The van der Waals surface area contributed by atoms with Crippen LogP contribution in [0.4, 0.5) is 13.2 Å². The lowest BCUT2D eigenvalue weighted by atomic mass is 10.1. The van der Waals surface area contributed by atoms with Gasteiger partial charge in [-0.15, -0.1) is 0 Å². The molecule has 2 aromatic rings. The largest absolute Gasteiger partial charge is 0.457 e. The van der Waals surface area contributed by atoms with Crippen molar-refractivity contribution in [3.8, 4) is 17.6 Å². The second kappa shape index (κ2) is 5.69. The standard InChI is InChI=1S/C17H11F3N2O4S/c18-9-3-8(7-21)4-10(5-9)26-12-1-2-13-14-11(12)6-17(19,20)15(14)22-16(23)27(13,24)25/h1-5,15-16,22-23H,6H2. The lowest BCUT2D eigenvalue weighted by Gasteiger charge is -2.30. The van der Waals surface area contributed by atoms with Crippen molar-refractivity contribution in [1.29, 1.82) is 5.26 Å². The lowest BCUT2D eigenvalue weighted by Crippen LogP contribution is -2.48. The molecule has 6 nitrogen and oxygen atoms in total. The van der Waals surface area contributed by atoms with Crippen LogP contribution in [0.1, 0.15) is 22.7 Å². The van der Waals surface area contributed by atoms with Crippen LogP contribution in [0, 0.1) is 17.1 Å². The number of hydrogen-bond donors (Lipinski definition) is 2. The van der Waals surface area contributed by atoms with Crippen molar-refractivity contribution in [3.63, 3.8) is 0 Å². The molecule has 0 aromatic heterocycles.